The minimum Gasteiger partial charge on any atom is -0.380 e. The Bertz CT molecular complexity index is 1380. The van der Waals surface area contributed by atoms with Gasteiger partial charge in [0.25, 0.3) is 0 Å². The monoisotopic (exact) mass is 439 g/mol. The van der Waals surface area contributed by atoms with Crippen LogP contribution >= 0.6 is 11.9 Å². The Kier molecular flexibility index (Phi) is 5.69. The number of fused-ring (bicyclic) bond motifs is 2. The molecule has 0 bridgehead atoms. The number of nitrogens with one attached hydrogen (secondary N) is 3. The van der Waals surface area contributed by atoms with E-state index in [0.717, 1.165) is 57.0 Å². The SMILES string of the molecule is CCSNc1ccc2[nH]c(C)c(-c3cc(NCc4ccncc4)c4ccccc4n3)c2c1. The van der Waals surface area contributed by atoms with E-state index in [1.807, 2.05) is 30.6 Å². The zero-order chi connectivity index (χ0) is 21.9. The molecule has 5 rings (SSSR count). The van der Waals surface area contributed by atoms with Crippen LogP contribution in [-0.4, -0.2) is 20.7 Å². The predicted molar refractivity (Wildman–Crippen MR) is 137 cm³/mol. The third-order valence-corrected chi connectivity index (χ3v) is 6.19. The maximum atomic E-state index is 5.04. The predicted octanol–water partition coefficient (Wildman–Crippen LogP) is 6.78. The molecule has 32 heavy (non-hydrogen) atoms. The topological polar surface area (TPSA) is 65.6 Å². The van der Waals surface area contributed by atoms with E-state index in [0.29, 0.717) is 0 Å². The van der Waals surface area contributed by atoms with Crippen LogP contribution in [0.1, 0.15) is 18.2 Å². The van der Waals surface area contributed by atoms with Crippen molar-refractivity contribution in [1.82, 2.24) is 15.0 Å². The standard InChI is InChI=1S/C26H25N5S/c1-3-32-31-19-8-9-23-21(14-19)26(17(2)29-23)25-15-24(20-6-4-5-7-22(20)30-25)28-16-18-10-12-27-13-11-18/h4-15,29,31H,3,16H2,1-2H3,(H,28,30). The quantitative estimate of drug-likeness (QED) is 0.244. The van der Waals surface area contributed by atoms with Crippen molar-refractivity contribution < 1.29 is 0 Å². The number of pyridine rings is 2. The number of aromatic amines is 1. The summed E-state index contributed by atoms with van der Waals surface area (Å²) in [5.74, 6) is 1.01. The Morgan fingerprint density at radius 2 is 1.81 bits per heavy atom. The number of aromatic nitrogens is 3. The van der Waals surface area contributed by atoms with Crippen LogP contribution in [0.4, 0.5) is 11.4 Å². The highest BCUT2D eigenvalue weighted by Crippen LogP contribution is 2.36. The second-order valence-corrected chi connectivity index (χ2v) is 8.77. The Hall–Kier alpha value is -3.51. The molecule has 5 aromatic rings. The van der Waals surface area contributed by atoms with Gasteiger partial charge in [0.2, 0.25) is 0 Å². The second kappa shape index (κ2) is 8.93. The highest BCUT2D eigenvalue weighted by atomic mass is 32.2. The van der Waals surface area contributed by atoms with E-state index in [4.69, 9.17) is 4.98 Å². The van der Waals surface area contributed by atoms with Crippen molar-refractivity contribution in [3.8, 4) is 11.3 Å². The maximum Gasteiger partial charge on any atom is 0.0754 e. The van der Waals surface area contributed by atoms with Crippen molar-refractivity contribution in [2.24, 2.45) is 0 Å². The number of aryl methyl sites for hydroxylation is 1. The van der Waals surface area contributed by atoms with Crippen LogP contribution < -0.4 is 10.0 Å². The first-order chi connectivity index (χ1) is 15.7. The summed E-state index contributed by atoms with van der Waals surface area (Å²) < 4.78 is 3.42. The molecule has 3 aromatic heterocycles. The van der Waals surface area contributed by atoms with Crippen LogP contribution in [0.3, 0.4) is 0 Å². The molecule has 0 aliphatic rings. The average molecular weight is 440 g/mol. The van der Waals surface area contributed by atoms with E-state index < -0.39 is 0 Å². The first-order valence-corrected chi connectivity index (χ1v) is 11.7. The van der Waals surface area contributed by atoms with Gasteiger partial charge in [0.15, 0.2) is 0 Å². The lowest BCUT2D eigenvalue weighted by Crippen LogP contribution is -2.01. The van der Waals surface area contributed by atoms with Gasteiger partial charge in [-0.15, -0.1) is 0 Å². The lowest BCUT2D eigenvalue weighted by atomic mass is 10.0. The normalized spacial score (nSPS) is 11.2. The summed E-state index contributed by atoms with van der Waals surface area (Å²) in [6.45, 7) is 4.98. The molecule has 0 amide bonds. The van der Waals surface area contributed by atoms with E-state index in [1.165, 1.54) is 10.9 Å². The molecule has 0 radical (unpaired) electrons. The van der Waals surface area contributed by atoms with E-state index in [2.05, 4.69) is 76.3 Å². The van der Waals surface area contributed by atoms with Gasteiger partial charge in [-0.25, -0.2) is 4.98 Å². The molecular weight excluding hydrogens is 414 g/mol. The summed E-state index contributed by atoms with van der Waals surface area (Å²) in [7, 11) is 0. The molecule has 0 aliphatic carbocycles. The number of hydrogen-bond donors (Lipinski definition) is 3. The molecule has 3 N–H and O–H groups in total. The number of anilines is 2. The smallest absolute Gasteiger partial charge is 0.0754 e. The number of nitrogens with zero attached hydrogens (tertiary/aromatic N) is 2. The van der Waals surface area contributed by atoms with E-state index in [-0.39, 0.29) is 0 Å². The molecular formula is C26H25N5S. The van der Waals surface area contributed by atoms with Gasteiger partial charge in [0.05, 0.1) is 11.2 Å². The summed E-state index contributed by atoms with van der Waals surface area (Å²) in [6, 6.07) is 21.0. The molecule has 0 spiro atoms. The molecule has 0 atom stereocenters. The largest absolute Gasteiger partial charge is 0.380 e. The lowest BCUT2D eigenvalue weighted by Gasteiger charge is -2.13. The Balaban J connectivity index is 1.61. The fourth-order valence-electron chi connectivity index (χ4n) is 4.02. The fraction of sp³-hybridized carbons (Fsp3) is 0.154. The van der Waals surface area contributed by atoms with Gasteiger partial charge in [0.1, 0.15) is 0 Å². The molecule has 0 fully saturated rings. The first-order valence-electron chi connectivity index (χ1n) is 10.8. The zero-order valence-corrected chi connectivity index (χ0v) is 19.0. The Morgan fingerprint density at radius 3 is 2.66 bits per heavy atom. The molecule has 3 heterocycles. The fourth-order valence-corrected chi connectivity index (χ4v) is 4.46. The molecule has 5 nitrogen and oxygen atoms in total. The van der Waals surface area contributed by atoms with Crippen molar-refractivity contribution in [2.75, 3.05) is 15.8 Å². The van der Waals surface area contributed by atoms with Crippen molar-refractivity contribution in [3.05, 3.63) is 84.3 Å². The highest BCUT2D eigenvalue weighted by Gasteiger charge is 2.15. The van der Waals surface area contributed by atoms with Gasteiger partial charge in [-0.2, -0.15) is 0 Å². The zero-order valence-electron chi connectivity index (χ0n) is 18.1. The van der Waals surface area contributed by atoms with Gasteiger partial charge in [-0.1, -0.05) is 37.1 Å². The molecule has 2 aromatic carbocycles. The van der Waals surface area contributed by atoms with Gasteiger partial charge in [-0.05, 0) is 55.0 Å². The van der Waals surface area contributed by atoms with E-state index in [1.54, 1.807) is 11.9 Å². The third-order valence-electron chi connectivity index (χ3n) is 5.53. The maximum absolute atomic E-state index is 5.04. The highest BCUT2D eigenvalue weighted by molar-refractivity contribution is 8.00. The van der Waals surface area contributed by atoms with Gasteiger partial charge < -0.3 is 15.0 Å². The number of benzene rings is 2. The Morgan fingerprint density at radius 1 is 0.969 bits per heavy atom. The first kappa shape index (κ1) is 20.4. The summed E-state index contributed by atoms with van der Waals surface area (Å²) in [5.41, 5.74) is 8.68. The van der Waals surface area contributed by atoms with Crippen LogP contribution in [0.15, 0.2) is 73.1 Å². The van der Waals surface area contributed by atoms with Crippen LogP contribution in [0.25, 0.3) is 33.1 Å². The van der Waals surface area contributed by atoms with Crippen molar-refractivity contribution in [1.29, 1.82) is 0 Å². The minimum absolute atomic E-state index is 0.727. The van der Waals surface area contributed by atoms with Crippen molar-refractivity contribution >= 4 is 45.1 Å². The average Bonchev–Trinajstić information content (AvgIpc) is 3.16. The second-order valence-electron chi connectivity index (χ2n) is 7.70. The molecule has 0 unspecified atom stereocenters. The number of H-pyrrole nitrogens is 1. The van der Waals surface area contributed by atoms with Crippen molar-refractivity contribution in [3.63, 3.8) is 0 Å². The molecule has 0 saturated heterocycles. The summed E-state index contributed by atoms with van der Waals surface area (Å²) in [5, 5.41) is 5.91. The third kappa shape index (κ3) is 4.01. The summed E-state index contributed by atoms with van der Waals surface area (Å²) in [6.07, 6.45) is 3.65. The molecule has 0 saturated carbocycles. The molecule has 160 valence electrons. The number of rotatable bonds is 7. The van der Waals surface area contributed by atoms with Crippen molar-refractivity contribution in [2.45, 2.75) is 20.4 Å². The molecule has 0 aliphatic heterocycles. The van der Waals surface area contributed by atoms with Gasteiger partial charge >= 0.3 is 0 Å². The van der Waals surface area contributed by atoms with Gasteiger partial charge in [-0.3, -0.25) is 4.98 Å². The van der Waals surface area contributed by atoms with Crippen LogP contribution in [0.5, 0.6) is 0 Å². The molecule has 6 heteroatoms. The van der Waals surface area contributed by atoms with Crippen LogP contribution in [0.2, 0.25) is 0 Å². The summed E-state index contributed by atoms with van der Waals surface area (Å²) in [4.78, 5) is 12.7. The van der Waals surface area contributed by atoms with Crippen LogP contribution in [-0.2, 0) is 6.54 Å². The Labute approximate surface area is 191 Å². The lowest BCUT2D eigenvalue weighted by molar-refractivity contribution is 1.13. The van der Waals surface area contributed by atoms with Gasteiger partial charge in [0, 0.05) is 63.6 Å². The number of para-hydroxylation sites is 1. The van der Waals surface area contributed by atoms with E-state index >= 15 is 0 Å². The number of hydrogen-bond acceptors (Lipinski definition) is 5. The summed E-state index contributed by atoms with van der Waals surface area (Å²) >= 11 is 1.70. The van der Waals surface area contributed by atoms with Crippen LogP contribution in [0, 0.1) is 6.92 Å². The van der Waals surface area contributed by atoms with E-state index in [9.17, 15) is 0 Å². The minimum atomic E-state index is 0.727.